The zero-order valence-electron chi connectivity index (χ0n) is 29.4. The summed E-state index contributed by atoms with van der Waals surface area (Å²) >= 11 is 1.61. The van der Waals surface area contributed by atoms with Crippen LogP contribution in [0, 0.1) is 13.8 Å². The van der Waals surface area contributed by atoms with Crippen LogP contribution in [0.2, 0.25) is 0 Å². The minimum absolute atomic E-state index is 0.0557. The molecule has 4 aliphatic heterocycles. The first kappa shape index (κ1) is 33.4. The summed E-state index contributed by atoms with van der Waals surface area (Å²) in [6.45, 7) is 17.3. The summed E-state index contributed by atoms with van der Waals surface area (Å²) in [4.78, 5) is 55.6. The highest BCUT2D eigenvalue weighted by Gasteiger charge is 2.47. The van der Waals surface area contributed by atoms with Crippen LogP contribution in [0.4, 0.5) is 0 Å². The van der Waals surface area contributed by atoms with E-state index in [-0.39, 0.29) is 29.8 Å². The third-order valence-electron chi connectivity index (χ3n) is 11.1. The molecule has 2 amide bonds. The number of aromatic amines is 1. The van der Waals surface area contributed by atoms with Crippen LogP contribution >= 0.6 is 11.3 Å². The van der Waals surface area contributed by atoms with Gasteiger partial charge in [0.05, 0.1) is 42.0 Å². The lowest BCUT2D eigenvalue weighted by Crippen LogP contribution is -2.54. The van der Waals surface area contributed by atoms with Gasteiger partial charge in [-0.3, -0.25) is 24.2 Å². The molecule has 6 heterocycles. The number of amides is 2. The molecule has 48 heavy (non-hydrogen) atoms. The molecule has 3 aromatic rings. The molecule has 1 N–H and O–H groups in total. The number of ketones is 1. The smallest absolute Gasteiger partial charge is 0.236 e. The Kier molecular flexibility index (Phi) is 9.06. The summed E-state index contributed by atoms with van der Waals surface area (Å²) in [6.07, 6.45) is 4.58. The highest BCUT2D eigenvalue weighted by atomic mass is 32.1. The number of piperazine rings is 1. The van der Waals surface area contributed by atoms with Crippen molar-refractivity contribution in [1.82, 2.24) is 24.6 Å². The van der Waals surface area contributed by atoms with E-state index in [1.54, 1.807) is 11.3 Å². The van der Waals surface area contributed by atoms with Gasteiger partial charge in [-0.25, -0.2) is 0 Å². The number of Topliss-reactive ketones (excluding diaryl/α,β-unsaturated/α-hetero) is 1. The molecule has 0 saturated carbocycles. The Morgan fingerprint density at radius 3 is 2.00 bits per heavy atom. The van der Waals surface area contributed by atoms with Crippen molar-refractivity contribution in [2.75, 3.05) is 52.4 Å². The molecule has 9 nitrogen and oxygen atoms in total. The maximum atomic E-state index is 14.4. The van der Waals surface area contributed by atoms with Crippen LogP contribution in [0.15, 0.2) is 24.3 Å². The normalized spacial score (nSPS) is 25.4. The molecule has 0 radical (unpaired) electrons. The standard InChI is InChI=1S/C38H51N5O4S/c1-23-15-24(2)17-27(16-23)35-34(30-18-32(48-36(30)39-35)38(5,6)37(46)43-28-7-8-29(43)10-9-28)31(44)21-40-11-13-41(14-12-40)22-33(45)42-19-25(3)47-26(4)20-42/h15-18,25-26,28-29,39H,7-14,19-22H2,1-6H3. The summed E-state index contributed by atoms with van der Waals surface area (Å²) in [7, 11) is 0. The van der Waals surface area contributed by atoms with Gasteiger partial charge < -0.3 is 19.5 Å². The number of H-pyrrole nitrogens is 1. The van der Waals surface area contributed by atoms with Crippen molar-refractivity contribution in [1.29, 1.82) is 0 Å². The van der Waals surface area contributed by atoms with Crippen LogP contribution in [-0.2, 0) is 19.7 Å². The maximum absolute atomic E-state index is 14.4. The predicted molar refractivity (Wildman–Crippen MR) is 191 cm³/mol. The topological polar surface area (TPSA) is 89.2 Å². The van der Waals surface area contributed by atoms with Crippen molar-refractivity contribution in [2.45, 2.75) is 96.9 Å². The second kappa shape index (κ2) is 13.0. The molecule has 2 unspecified atom stereocenters. The van der Waals surface area contributed by atoms with Gasteiger partial charge in [-0.05, 0) is 91.0 Å². The van der Waals surface area contributed by atoms with Gasteiger partial charge in [0, 0.05) is 61.6 Å². The van der Waals surface area contributed by atoms with E-state index in [1.807, 2.05) is 18.7 Å². The fourth-order valence-corrected chi connectivity index (χ4v) is 9.81. The third kappa shape index (κ3) is 6.37. The first-order chi connectivity index (χ1) is 22.9. The number of aromatic nitrogens is 1. The van der Waals surface area contributed by atoms with Gasteiger partial charge in [0.1, 0.15) is 4.83 Å². The number of ether oxygens (including phenoxy) is 1. The molecule has 2 atom stereocenters. The number of rotatable bonds is 8. The molecule has 1 aromatic carbocycles. The van der Waals surface area contributed by atoms with Gasteiger partial charge in [-0.15, -0.1) is 11.3 Å². The Morgan fingerprint density at radius 2 is 1.42 bits per heavy atom. The van der Waals surface area contributed by atoms with Crippen LogP contribution in [0.3, 0.4) is 0 Å². The van der Waals surface area contributed by atoms with E-state index < -0.39 is 5.41 Å². The van der Waals surface area contributed by atoms with E-state index >= 15 is 0 Å². The highest BCUT2D eigenvalue weighted by Crippen LogP contribution is 2.44. The Hall–Kier alpha value is -3.05. The number of carbonyl (C=O) groups is 3. The first-order valence-electron chi connectivity index (χ1n) is 17.9. The van der Waals surface area contributed by atoms with Gasteiger partial charge in [-0.1, -0.05) is 17.2 Å². The van der Waals surface area contributed by atoms with Gasteiger partial charge in [-0.2, -0.15) is 0 Å². The number of aryl methyl sites for hydroxylation is 2. The fraction of sp³-hybridized carbons (Fsp3) is 0.605. The SMILES string of the molecule is Cc1cc(C)cc(-c2[nH]c3sc(C(C)(C)C(=O)N4C5CCC4CC5)cc3c2C(=O)CN2CCN(CC(=O)N3CC(C)OC(C)C3)CC2)c1. The zero-order chi connectivity index (χ0) is 33.9. The fourth-order valence-electron chi connectivity index (χ4n) is 8.65. The van der Waals surface area contributed by atoms with Crippen LogP contribution in [0.25, 0.3) is 21.5 Å². The molecular formula is C38H51N5O4S. The van der Waals surface area contributed by atoms with E-state index in [9.17, 15) is 14.4 Å². The summed E-state index contributed by atoms with van der Waals surface area (Å²) in [5.74, 6) is 0.455. The van der Waals surface area contributed by atoms with Crippen molar-refractivity contribution in [3.63, 3.8) is 0 Å². The van der Waals surface area contributed by atoms with Crippen molar-refractivity contribution < 1.29 is 19.1 Å². The van der Waals surface area contributed by atoms with E-state index in [4.69, 9.17) is 4.74 Å². The van der Waals surface area contributed by atoms with E-state index in [0.29, 0.717) is 38.3 Å². The highest BCUT2D eigenvalue weighted by molar-refractivity contribution is 7.19. The quantitative estimate of drug-likeness (QED) is 0.323. The Balaban J connectivity index is 1.10. The van der Waals surface area contributed by atoms with Gasteiger partial charge in [0.2, 0.25) is 11.8 Å². The van der Waals surface area contributed by atoms with Crippen molar-refractivity contribution >= 4 is 39.2 Å². The number of hydrogen-bond donors (Lipinski definition) is 1. The Labute approximate surface area is 288 Å². The zero-order valence-corrected chi connectivity index (χ0v) is 30.3. The lowest BCUT2D eigenvalue weighted by molar-refractivity contribution is -0.144. The largest absolute Gasteiger partial charge is 0.372 e. The molecule has 10 heteroatoms. The summed E-state index contributed by atoms with van der Waals surface area (Å²) in [5.41, 5.74) is 4.23. The second-order valence-electron chi connectivity index (χ2n) is 15.4. The maximum Gasteiger partial charge on any atom is 0.236 e. The number of thiophene rings is 1. The minimum Gasteiger partial charge on any atom is -0.372 e. The molecule has 2 bridgehead atoms. The average Bonchev–Trinajstić information content (AvgIpc) is 3.81. The van der Waals surface area contributed by atoms with Gasteiger partial charge in [0.15, 0.2) is 5.78 Å². The number of hydrogen-bond acceptors (Lipinski definition) is 7. The Morgan fingerprint density at radius 1 is 0.854 bits per heavy atom. The molecule has 4 fully saturated rings. The molecule has 0 aliphatic carbocycles. The molecule has 4 aliphatic rings. The van der Waals surface area contributed by atoms with Crippen LogP contribution < -0.4 is 0 Å². The summed E-state index contributed by atoms with van der Waals surface area (Å²) < 4.78 is 5.81. The number of nitrogens with zero attached hydrogens (tertiary/aromatic N) is 4. The van der Waals surface area contributed by atoms with E-state index in [1.165, 1.54) is 0 Å². The minimum atomic E-state index is -0.666. The molecular weight excluding hydrogens is 623 g/mol. The molecule has 7 rings (SSSR count). The summed E-state index contributed by atoms with van der Waals surface area (Å²) in [6, 6.07) is 9.31. The first-order valence-corrected chi connectivity index (χ1v) is 18.7. The van der Waals surface area contributed by atoms with E-state index in [0.717, 1.165) is 94.9 Å². The molecule has 0 spiro atoms. The van der Waals surface area contributed by atoms with Crippen LogP contribution in [-0.4, -0.2) is 119 Å². The lowest BCUT2D eigenvalue weighted by atomic mass is 9.88. The van der Waals surface area contributed by atoms with Crippen molar-refractivity contribution in [3.05, 3.63) is 45.8 Å². The molecule has 2 aromatic heterocycles. The number of morpholine rings is 1. The third-order valence-corrected chi connectivity index (χ3v) is 12.5. The average molecular weight is 674 g/mol. The van der Waals surface area contributed by atoms with E-state index in [2.05, 4.69) is 71.6 Å². The Bertz CT molecular complexity index is 1670. The van der Waals surface area contributed by atoms with Crippen molar-refractivity contribution in [3.8, 4) is 11.3 Å². The summed E-state index contributed by atoms with van der Waals surface area (Å²) in [5, 5.41) is 0.914. The molecule has 4 saturated heterocycles. The van der Waals surface area contributed by atoms with Gasteiger partial charge >= 0.3 is 0 Å². The number of nitrogens with one attached hydrogen (secondary N) is 1. The van der Waals surface area contributed by atoms with Crippen molar-refractivity contribution in [2.24, 2.45) is 0 Å². The lowest BCUT2D eigenvalue weighted by Gasteiger charge is -2.38. The number of fused-ring (bicyclic) bond motifs is 3. The second-order valence-corrected chi connectivity index (χ2v) is 16.5. The monoisotopic (exact) mass is 673 g/mol. The predicted octanol–water partition coefficient (Wildman–Crippen LogP) is 5.38. The number of carbonyl (C=O) groups excluding carboxylic acids is 3. The van der Waals surface area contributed by atoms with Crippen LogP contribution in [0.1, 0.15) is 79.7 Å². The van der Waals surface area contributed by atoms with Crippen LogP contribution in [0.5, 0.6) is 0 Å². The molecule has 258 valence electrons. The van der Waals surface area contributed by atoms with Gasteiger partial charge in [0.25, 0.3) is 0 Å². The number of benzene rings is 1.